The molecule has 0 aliphatic carbocycles. The molecule has 31 heavy (non-hydrogen) atoms. The van der Waals surface area contributed by atoms with Gasteiger partial charge in [-0.2, -0.15) is 13.2 Å². The van der Waals surface area contributed by atoms with E-state index in [4.69, 9.17) is 19.4 Å². The van der Waals surface area contributed by atoms with E-state index >= 15 is 0 Å². The molecule has 0 aliphatic rings. The third-order valence-corrected chi connectivity index (χ3v) is 5.52. The van der Waals surface area contributed by atoms with E-state index in [0.29, 0.717) is 18.1 Å². The Labute approximate surface area is 179 Å². The van der Waals surface area contributed by atoms with E-state index in [0.717, 1.165) is 18.2 Å². The maximum absolute atomic E-state index is 13.1. The zero-order chi connectivity index (χ0) is 23.6. The van der Waals surface area contributed by atoms with Crippen LogP contribution in [-0.4, -0.2) is 52.3 Å². The number of benzene rings is 1. The minimum atomic E-state index is -5.08. The zero-order valence-corrected chi connectivity index (χ0v) is 17.0. The second-order valence-electron chi connectivity index (χ2n) is 5.46. The Morgan fingerprint density at radius 2 is 1.68 bits per heavy atom. The van der Waals surface area contributed by atoms with E-state index in [9.17, 15) is 31.9 Å². The lowest BCUT2D eigenvalue weighted by Crippen LogP contribution is -2.26. The average molecular weight is 485 g/mol. The van der Waals surface area contributed by atoms with Crippen molar-refractivity contribution in [2.75, 3.05) is 18.1 Å². The minimum Gasteiger partial charge on any atom is -0.481 e. The number of carboxylic acid groups (broad SMARTS) is 2. The first kappa shape index (κ1) is 26.3. The van der Waals surface area contributed by atoms with Crippen LogP contribution in [0.2, 0.25) is 0 Å². The van der Waals surface area contributed by atoms with Crippen LogP contribution in [0, 0.1) is 5.82 Å². The lowest BCUT2D eigenvalue weighted by atomic mass is 10.2. The lowest BCUT2D eigenvalue weighted by molar-refractivity contribution is -0.192. The Morgan fingerprint density at radius 3 is 2.26 bits per heavy atom. The summed E-state index contributed by atoms with van der Waals surface area (Å²) >= 11 is 0. The van der Waals surface area contributed by atoms with Crippen molar-refractivity contribution in [2.24, 2.45) is 0 Å². The smallest absolute Gasteiger partial charge is 0.481 e. The Morgan fingerprint density at radius 1 is 1.06 bits per heavy atom. The summed E-state index contributed by atoms with van der Waals surface area (Å²) in [4.78, 5) is 43.1. The molecule has 2 rings (SSSR count). The van der Waals surface area contributed by atoms with Crippen LogP contribution in [0.1, 0.15) is 17.0 Å². The first-order valence-electron chi connectivity index (χ1n) is 8.19. The Balaban J connectivity index is 0.000000592. The van der Waals surface area contributed by atoms with E-state index in [1.807, 2.05) is 0 Å². The number of fused-ring (bicyclic) bond motifs is 1. The summed E-state index contributed by atoms with van der Waals surface area (Å²) in [5.74, 6) is -3.75. The predicted octanol–water partition coefficient (Wildman–Crippen LogP) is 3.15. The predicted molar refractivity (Wildman–Crippen MR) is 106 cm³/mol. The molecule has 1 amide bonds. The third kappa shape index (κ3) is 9.74. The molecule has 8 nitrogen and oxygen atoms in total. The number of alkyl halides is 3. The molecule has 0 fully saturated rings. The largest absolute Gasteiger partial charge is 0.490 e. The van der Waals surface area contributed by atoms with Gasteiger partial charge in [0.2, 0.25) is 0 Å². The fraction of sp³-hybridized carbons (Fsp3) is 0.294. The Bertz CT molecular complexity index is 995. The molecule has 1 heterocycles. The van der Waals surface area contributed by atoms with Crippen molar-refractivity contribution >= 4 is 50.4 Å². The molecule has 0 unspecified atom stereocenters. The van der Waals surface area contributed by atoms with Crippen molar-refractivity contribution in [1.29, 1.82) is 0 Å². The topological polar surface area (TPSA) is 134 Å². The summed E-state index contributed by atoms with van der Waals surface area (Å²) < 4.78 is 50.2. The van der Waals surface area contributed by atoms with Gasteiger partial charge in [0, 0.05) is 24.1 Å². The van der Waals surface area contributed by atoms with Gasteiger partial charge in [-0.15, -0.1) is 0 Å². The first-order valence-corrected chi connectivity index (χ1v) is 10.7. The molecule has 0 radical (unpaired) electrons. The summed E-state index contributed by atoms with van der Waals surface area (Å²) in [6, 6.07) is 4.55. The number of aliphatic carboxylic acids is 2. The molecule has 0 spiro atoms. The van der Waals surface area contributed by atoms with Crippen molar-refractivity contribution in [3.63, 3.8) is 0 Å². The van der Waals surface area contributed by atoms with E-state index < -0.39 is 35.3 Å². The van der Waals surface area contributed by atoms with Crippen molar-refractivity contribution < 1.29 is 46.6 Å². The molecular formula is C17H15F4NO7S2. The number of carbonyl (C=O) groups excluding carboxylic acids is 1. The summed E-state index contributed by atoms with van der Waals surface area (Å²) in [6.07, 6.45) is -4.99. The van der Waals surface area contributed by atoms with Crippen molar-refractivity contribution in [2.45, 2.75) is 12.6 Å². The van der Waals surface area contributed by atoms with Gasteiger partial charge in [0.1, 0.15) is 11.4 Å². The molecule has 0 saturated heterocycles. The van der Waals surface area contributed by atoms with Crippen LogP contribution < -0.4 is 10.7 Å². The van der Waals surface area contributed by atoms with Crippen molar-refractivity contribution in [3.05, 3.63) is 46.1 Å². The standard InChI is InChI=1S/C15H14FNO5S2.C2HF3O2/c16-9-1-2-12-10(7-9)11(18)8-13(22-12)15(21)17-4-6-24-23-5-3-14(19)20;3-2(4,5)1(6)7/h1-2,7-8H,3-6H2,(H,17,21)(H,19,20);(H,6,7). The fourth-order valence-corrected chi connectivity index (χ4v) is 3.67. The molecule has 1 aromatic carbocycles. The van der Waals surface area contributed by atoms with E-state index in [-0.39, 0.29) is 23.2 Å². The summed E-state index contributed by atoms with van der Waals surface area (Å²) in [5, 5.41) is 18.3. The number of carbonyl (C=O) groups is 3. The second kappa shape index (κ2) is 12.2. The molecule has 0 bridgehead atoms. The molecule has 0 saturated carbocycles. The summed E-state index contributed by atoms with van der Waals surface area (Å²) in [5.41, 5.74) is -0.341. The van der Waals surface area contributed by atoms with Crippen LogP contribution >= 0.6 is 21.6 Å². The zero-order valence-electron chi connectivity index (χ0n) is 15.4. The van der Waals surface area contributed by atoms with Crippen LogP contribution in [0.5, 0.6) is 0 Å². The number of hydrogen-bond acceptors (Lipinski definition) is 7. The molecule has 14 heteroatoms. The van der Waals surface area contributed by atoms with Crippen molar-refractivity contribution in [1.82, 2.24) is 5.32 Å². The first-order chi connectivity index (χ1) is 14.4. The van der Waals surface area contributed by atoms with Gasteiger partial charge in [-0.05, 0) is 18.2 Å². The summed E-state index contributed by atoms with van der Waals surface area (Å²) in [7, 11) is 2.85. The van der Waals surface area contributed by atoms with Crippen LogP contribution in [-0.2, 0) is 9.59 Å². The monoisotopic (exact) mass is 485 g/mol. The summed E-state index contributed by atoms with van der Waals surface area (Å²) in [6.45, 7) is 0.342. The van der Waals surface area contributed by atoms with Gasteiger partial charge in [0.25, 0.3) is 5.91 Å². The fourth-order valence-electron chi connectivity index (χ4n) is 1.78. The van der Waals surface area contributed by atoms with Crippen LogP contribution in [0.4, 0.5) is 17.6 Å². The molecule has 3 N–H and O–H groups in total. The maximum Gasteiger partial charge on any atom is 0.490 e. The maximum atomic E-state index is 13.1. The molecule has 0 atom stereocenters. The number of halogens is 4. The van der Waals surface area contributed by atoms with Gasteiger partial charge >= 0.3 is 18.1 Å². The van der Waals surface area contributed by atoms with Crippen LogP contribution in [0.15, 0.2) is 33.5 Å². The van der Waals surface area contributed by atoms with E-state index in [1.54, 1.807) is 0 Å². The van der Waals surface area contributed by atoms with Gasteiger partial charge in [0.05, 0.1) is 11.8 Å². The highest BCUT2D eigenvalue weighted by Gasteiger charge is 2.38. The van der Waals surface area contributed by atoms with E-state index in [2.05, 4.69) is 5.32 Å². The quantitative estimate of drug-likeness (QED) is 0.293. The highest BCUT2D eigenvalue weighted by atomic mass is 33.1. The number of rotatable bonds is 8. The Kier molecular flexibility index (Phi) is 10.3. The van der Waals surface area contributed by atoms with Crippen LogP contribution in [0.25, 0.3) is 11.0 Å². The van der Waals surface area contributed by atoms with Gasteiger partial charge in [0.15, 0.2) is 11.2 Å². The van der Waals surface area contributed by atoms with Gasteiger partial charge in [-0.25, -0.2) is 9.18 Å². The average Bonchev–Trinajstić information content (AvgIpc) is 2.67. The number of amides is 1. The number of carboxylic acids is 2. The molecular weight excluding hydrogens is 470 g/mol. The molecule has 0 aliphatic heterocycles. The lowest BCUT2D eigenvalue weighted by Gasteiger charge is -2.05. The van der Waals surface area contributed by atoms with Gasteiger partial charge < -0.3 is 19.9 Å². The third-order valence-electron chi connectivity index (χ3n) is 3.11. The molecule has 170 valence electrons. The van der Waals surface area contributed by atoms with Gasteiger partial charge in [-0.1, -0.05) is 21.6 Å². The van der Waals surface area contributed by atoms with Crippen molar-refractivity contribution in [3.8, 4) is 0 Å². The minimum absolute atomic E-state index is 0.0805. The second-order valence-corrected chi connectivity index (χ2v) is 8.16. The number of nitrogens with one attached hydrogen (secondary N) is 1. The van der Waals surface area contributed by atoms with E-state index in [1.165, 1.54) is 27.7 Å². The molecule has 2 aromatic rings. The normalized spacial score (nSPS) is 10.8. The van der Waals surface area contributed by atoms with Gasteiger partial charge in [-0.3, -0.25) is 14.4 Å². The van der Waals surface area contributed by atoms with Crippen LogP contribution in [0.3, 0.4) is 0 Å². The molecule has 1 aromatic heterocycles. The highest BCUT2D eigenvalue weighted by Crippen LogP contribution is 2.21. The SMILES string of the molecule is O=C(O)C(F)(F)F.O=C(O)CCSSCCNC(=O)c1cc(=O)c2cc(F)ccc2o1. The number of hydrogen-bond donors (Lipinski definition) is 3. The Hall–Kier alpha value is -2.74. The highest BCUT2D eigenvalue weighted by molar-refractivity contribution is 8.76.